The first-order chi connectivity index (χ1) is 10.3. The average Bonchev–Trinajstić information content (AvgIpc) is 2.55. The van der Waals surface area contributed by atoms with Crippen molar-refractivity contribution in [1.82, 2.24) is 4.98 Å². The van der Waals surface area contributed by atoms with Crippen LogP contribution in [0, 0.1) is 6.92 Å². The van der Waals surface area contributed by atoms with Crippen LogP contribution in [0.5, 0.6) is 0 Å². The molecule has 0 unspecified atom stereocenters. The zero-order valence-electron chi connectivity index (χ0n) is 12.5. The largest absolute Gasteiger partial charge is 0.252 e. The molecule has 1 aromatic heterocycles. The molecule has 0 aliphatic carbocycles. The van der Waals surface area contributed by atoms with Crippen LogP contribution in [0.1, 0.15) is 18.2 Å². The second kappa shape index (κ2) is 5.92. The SMILES string of the molecule is CCc1cc(-c2ccccc2)nc(C)c1-c1ccccc1. The lowest BCUT2D eigenvalue weighted by Crippen LogP contribution is -1.97. The number of aryl methyl sites for hydroxylation is 2. The molecule has 3 aromatic rings. The molecule has 1 nitrogen and oxygen atoms in total. The summed E-state index contributed by atoms with van der Waals surface area (Å²) < 4.78 is 0. The third-order valence-electron chi connectivity index (χ3n) is 3.79. The molecule has 0 spiro atoms. The molecule has 3 rings (SSSR count). The Balaban J connectivity index is 2.16. The highest BCUT2D eigenvalue weighted by Gasteiger charge is 2.11. The number of nitrogens with zero attached hydrogens (tertiary/aromatic N) is 1. The van der Waals surface area contributed by atoms with Gasteiger partial charge in [-0.2, -0.15) is 0 Å². The Hall–Kier alpha value is -2.41. The normalized spacial score (nSPS) is 10.6. The first-order valence-electron chi connectivity index (χ1n) is 7.41. The Kier molecular flexibility index (Phi) is 3.83. The van der Waals surface area contributed by atoms with Gasteiger partial charge in [0.1, 0.15) is 0 Å². The van der Waals surface area contributed by atoms with Crippen molar-refractivity contribution >= 4 is 0 Å². The quantitative estimate of drug-likeness (QED) is 0.632. The van der Waals surface area contributed by atoms with E-state index in [2.05, 4.69) is 74.5 Å². The summed E-state index contributed by atoms with van der Waals surface area (Å²) in [6.45, 7) is 4.31. The second-order valence-corrected chi connectivity index (χ2v) is 5.21. The maximum atomic E-state index is 4.83. The van der Waals surface area contributed by atoms with E-state index in [-0.39, 0.29) is 0 Å². The molecular weight excluding hydrogens is 254 g/mol. The predicted molar refractivity (Wildman–Crippen MR) is 89.2 cm³/mol. The van der Waals surface area contributed by atoms with Gasteiger partial charge in [-0.1, -0.05) is 67.6 Å². The Morgan fingerprint density at radius 1 is 0.810 bits per heavy atom. The lowest BCUT2D eigenvalue weighted by Gasteiger charge is -2.14. The van der Waals surface area contributed by atoms with Gasteiger partial charge in [-0.15, -0.1) is 0 Å². The standard InChI is InChI=1S/C20H19N/c1-3-16-14-19(17-10-6-4-7-11-17)21-15(2)20(16)18-12-8-5-9-13-18/h4-14H,3H2,1-2H3. The number of aromatic nitrogens is 1. The van der Waals surface area contributed by atoms with Crippen molar-refractivity contribution in [1.29, 1.82) is 0 Å². The minimum atomic E-state index is 1.01. The van der Waals surface area contributed by atoms with Gasteiger partial charge >= 0.3 is 0 Å². The topological polar surface area (TPSA) is 12.9 Å². The van der Waals surface area contributed by atoms with Crippen LogP contribution in [0.25, 0.3) is 22.4 Å². The van der Waals surface area contributed by atoms with Crippen LogP contribution < -0.4 is 0 Å². The minimum Gasteiger partial charge on any atom is -0.252 e. The number of hydrogen-bond donors (Lipinski definition) is 0. The van der Waals surface area contributed by atoms with E-state index in [1.807, 2.05) is 6.07 Å². The summed E-state index contributed by atoms with van der Waals surface area (Å²) in [4.78, 5) is 4.83. The molecule has 104 valence electrons. The van der Waals surface area contributed by atoms with E-state index in [1.165, 1.54) is 22.3 Å². The summed E-state index contributed by atoms with van der Waals surface area (Å²) in [5.74, 6) is 0. The lowest BCUT2D eigenvalue weighted by molar-refractivity contribution is 1.10. The summed E-state index contributed by atoms with van der Waals surface area (Å²) in [6.07, 6.45) is 1.01. The van der Waals surface area contributed by atoms with Gasteiger partial charge < -0.3 is 0 Å². The number of pyridine rings is 1. The van der Waals surface area contributed by atoms with Crippen LogP contribution >= 0.6 is 0 Å². The van der Waals surface area contributed by atoms with Gasteiger partial charge in [0.05, 0.1) is 5.69 Å². The molecule has 1 heterocycles. The van der Waals surface area contributed by atoms with E-state index in [1.54, 1.807) is 0 Å². The minimum absolute atomic E-state index is 1.01. The highest BCUT2D eigenvalue weighted by Crippen LogP contribution is 2.30. The molecule has 0 saturated carbocycles. The molecule has 0 N–H and O–H groups in total. The highest BCUT2D eigenvalue weighted by molar-refractivity contribution is 5.73. The van der Waals surface area contributed by atoms with Gasteiger partial charge in [0.25, 0.3) is 0 Å². The molecule has 0 aliphatic rings. The molecule has 1 heteroatoms. The molecule has 0 fully saturated rings. The Bertz CT molecular complexity index is 731. The summed E-state index contributed by atoms with van der Waals surface area (Å²) in [7, 11) is 0. The van der Waals surface area contributed by atoms with Crippen LogP contribution in [-0.4, -0.2) is 4.98 Å². The van der Waals surface area contributed by atoms with Crippen LogP contribution in [0.4, 0.5) is 0 Å². The smallest absolute Gasteiger partial charge is 0.0708 e. The fourth-order valence-corrected chi connectivity index (χ4v) is 2.77. The van der Waals surface area contributed by atoms with Gasteiger partial charge in [0, 0.05) is 16.8 Å². The molecule has 0 bridgehead atoms. The first kappa shape index (κ1) is 13.6. The highest BCUT2D eigenvalue weighted by atomic mass is 14.7. The third-order valence-corrected chi connectivity index (χ3v) is 3.79. The van der Waals surface area contributed by atoms with Crippen molar-refractivity contribution in [2.24, 2.45) is 0 Å². The third kappa shape index (κ3) is 2.73. The monoisotopic (exact) mass is 273 g/mol. The number of benzene rings is 2. The number of hydrogen-bond acceptors (Lipinski definition) is 1. The van der Waals surface area contributed by atoms with Crippen LogP contribution in [0.3, 0.4) is 0 Å². The van der Waals surface area contributed by atoms with E-state index in [0.717, 1.165) is 17.8 Å². The summed E-state index contributed by atoms with van der Waals surface area (Å²) in [5.41, 5.74) is 7.21. The van der Waals surface area contributed by atoms with E-state index in [4.69, 9.17) is 4.98 Å². The van der Waals surface area contributed by atoms with Crippen LogP contribution in [0.2, 0.25) is 0 Å². The van der Waals surface area contributed by atoms with Crippen molar-refractivity contribution in [3.8, 4) is 22.4 Å². The Morgan fingerprint density at radius 3 is 1.95 bits per heavy atom. The zero-order chi connectivity index (χ0) is 14.7. The molecule has 0 atom stereocenters. The van der Waals surface area contributed by atoms with Crippen molar-refractivity contribution in [3.63, 3.8) is 0 Å². The van der Waals surface area contributed by atoms with Crippen molar-refractivity contribution in [2.45, 2.75) is 20.3 Å². The predicted octanol–water partition coefficient (Wildman–Crippen LogP) is 5.29. The van der Waals surface area contributed by atoms with Crippen molar-refractivity contribution < 1.29 is 0 Å². The molecule has 21 heavy (non-hydrogen) atoms. The average molecular weight is 273 g/mol. The lowest BCUT2D eigenvalue weighted by atomic mass is 9.95. The summed E-state index contributed by atoms with van der Waals surface area (Å²) in [5, 5.41) is 0. The van der Waals surface area contributed by atoms with Gasteiger partial charge in [-0.25, -0.2) is 0 Å². The second-order valence-electron chi connectivity index (χ2n) is 5.21. The van der Waals surface area contributed by atoms with E-state index in [9.17, 15) is 0 Å². The maximum absolute atomic E-state index is 4.83. The molecule has 0 amide bonds. The molecular formula is C20H19N. The first-order valence-corrected chi connectivity index (χ1v) is 7.41. The van der Waals surface area contributed by atoms with Crippen LogP contribution in [0.15, 0.2) is 66.7 Å². The molecule has 0 aliphatic heterocycles. The number of rotatable bonds is 3. The van der Waals surface area contributed by atoms with E-state index < -0.39 is 0 Å². The molecule has 0 radical (unpaired) electrons. The van der Waals surface area contributed by atoms with Gasteiger partial charge in [0.15, 0.2) is 0 Å². The van der Waals surface area contributed by atoms with Gasteiger partial charge in [-0.05, 0) is 30.5 Å². The fraction of sp³-hybridized carbons (Fsp3) is 0.150. The van der Waals surface area contributed by atoms with E-state index >= 15 is 0 Å². The van der Waals surface area contributed by atoms with Gasteiger partial charge in [0.2, 0.25) is 0 Å². The zero-order valence-corrected chi connectivity index (χ0v) is 12.5. The van der Waals surface area contributed by atoms with Gasteiger partial charge in [-0.3, -0.25) is 4.98 Å². The summed E-state index contributed by atoms with van der Waals surface area (Å²) >= 11 is 0. The Labute approximate surface area is 126 Å². The molecule has 2 aromatic carbocycles. The fourth-order valence-electron chi connectivity index (χ4n) is 2.77. The maximum Gasteiger partial charge on any atom is 0.0708 e. The van der Waals surface area contributed by atoms with E-state index in [0.29, 0.717) is 0 Å². The Morgan fingerprint density at radius 2 is 1.38 bits per heavy atom. The van der Waals surface area contributed by atoms with Crippen molar-refractivity contribution in [2.75, 3.05) is 0 Å². The summed E-state index contributed by atoms with van der Waals surface area (Å²) in [6, 6.07) is 23.1. The van der Waals surface area contributed by atoms with Crippen molar-refractivity contribution in [3.05, 3.63) is 78.0 Å². The van der Waals surface area contributed by atoms with Crippen LogP contribution in [-0.2, 0) is 6.42 Å². The molecule has 0 saturated heterocycles.